The molecule has 0 aromatic heterocycles. The number of unbranched alkanes of at least 4 members (excludes halogenated alkanes) is 9. The molecule has 0 heterocycles. The topological polar surface area (TPSA) is 18.5 Å². The number of ether oxygens (including phenoxy) is 2. The van der Waals surface area contributed by atoms with Gasteiger partial charge >= 0.3 is 0 Å². The molecular formula is C22H38O2. The van der Waals surface area contributed by atoms with Gasteiger partial charge in [0.25, 0.3) is 0 Å². The molecule has 2 heteroatoms. The van der Waals surface area contributed by atoms with E-state index >= 15 is 0 Å². The summed E-state index contributed by atoms with van der Waals surface area (Å²) in [6.07, 6.45) is 14.8. The maximum Gasteiger partial charge on any atom is 0.123 e. The highest BCUT2D eigenvalue weighted by Gasteiger charge is 2.02. The first-order valence-electron chi connectivity index (χ1n) is 10.2. The number of rotatable bonds is 15. The minimum absolute atomic E-state index is 0.252. The van der Waals surface area contributed by atoms with Gasteiger partial charge in [-0.25, -0.2) is 0 Å². The van der Waals surface area contributed by atoms with Crippen molar-refractivity contribution in [3.05, 3.63) is 24.3 Å². The van der Waals surface area contributed by atoms with Gasteiger partial charge in [0.2, 0.25) is 0 Å². The predicted molar refractivity (Wildman–Crippen MR) is 104 cm³/mol. The molecule has 1 atom stereocenters. The van der Waals surface area contributed by atoms with E-state index in [-0.39, 0.29) is 6.10 Å². The first-order chi connectivity index (χ1) is 11.8. The van der Waals surface area contributed by atoms with Gasteiger partial charge < -0.3 is 9.47 Å². The number of hydrogen-bond donors (Lipinski definition) is 0. The summed E-state index contributed by atoms with van der Waals surface area (Å²) in [6, 6.07) is 8.02. The summed E-state index contributed by atoms with van der Waals surface area (Å²) in [6.45, 7) is 7.31. The van der Waals surface area contributed by atoms with Gasteiger partial charge in [0.1, 0.15) is 11.5 Å². The molecule has 0 fully saturated rings. The Bertz CT molecular complexity index is 403. The Kier molecular flexibility index (Phi) is 12.3. The Morgan fingerprint density at radius 2 is 1.38 bits per heavy atom. The van der Waals surface area contributed by atoms with Gasteiger partial charge in [-0.2, -0.15) is 0 Å². The van der Waals surface area contributed by atoms with Gasteiger partial charge in [0, 0.05) is 6.07 Å². The van der Waals surface area contributed by atoms with Gasteiger partial charge in [-0.15, -0.1) is 0 Å². The predicted octanol–water partition coefficient (Wildman–Crippen LogP) is 7.16. The standard InChI is InChI=1S/C22H38O2/c1-4-6-7-8-9-10-11-12-13-14-18-23-21-16-15-17-22(19-21)24-20(3)5-2/h15-17,19-20H,4-14,18H2,1-3H3. The van der Waals surface area contributed by atoms with Crippen LogP contribution in [0.4, 0.5) is 0 Å². The van der Waals surface area contributed by atoms with E-state index in [4.69, 9.17) is 9.47 Å². The molecule has 0 aliphatic heterocycles. The Balaban J connectivity index is 2.02. The summed E-state index contributed by atoms with van der Waals surface area (Å²) in [5.41, 5.74) is 0. The lowest BCUT2D eigenvalue weighted by Gasteiger charge is -2.13. The van der Waals surface area contributed by atoms with Crippen molar-refractivity contribution in [2.45, 2.75) is 97.5 Å². The third-order valence-electron chi connectivity index (χ3n) is 4.48. The van der Waals surface area contributed by atoms with E-state index in [1.54, 1.807) is 0 Å². The van der Waals surface area contributed by atoms with Crippen molar-refractivity contribution in [1.82, 2.24) is 0 Å². The Morgan fingerprint density at radius 3 is 2.00 bits per heavy atom. The molecule has 0 bridgehead atoms. The largest absolute Gasteiger partial charge is 0.493 e. The number of hydrogen-bond acceptors (Lipinski definition) is 2. The van der Waals surface area contributed by atoms with Gasteiger partial charge in [-0.3, -0.25) is 0 Å². The minimum Gasteiger partial charge on any atom is -0.493 e. The fourth-order valence-electron chi connectivity index (χ4n) is 2.73. The second-order valence-corrected chi connectivity index (χ2v) is 6.84. The molecule has 0 aliphatic rings. The van der Waals surface area contributed by atoms with Crippen molar-refractivity contribution in [3.8, 4) is 11.5 Å². The van der Waals surface area contributed by atoms with Crippen LogP contribution in [-0.2, 0) is 0 Å². The Morgan fingerprint density at radius 1 is 0.792 bits per heavy atom. The molecule has 1 unspecified atom stereocenters. The second kappa shape index (κ2) is 14.2. The van der Waals surface area contributed by atoms with E-state index in [1.165, 1.54) is 57.8 Å². The van der Waals surface area contributed by atoms with Crippen molar-refractivity contribution in [3.63, 3.8) is 0 Å². The molecule has 138 valence electrons. The number of benzene rings is 1. The van der Waals surface area contributed by atoms with Crippen LogP contribution in [0.2, 0.25) is 0 Å². The second-order valence-electron chi connectivity index (χ2n) is 6.84. The third-order valence-corrected chi connectivity index (χ3v) is 4.48. The molecule has 0 amide bonds. The molecule has 0 saturated carbocycles. The molecule has 24 heavy (non-hydrogen) atoms. The summed E-state index contributed by atoms with van der Waals surface area (Å²) in [5, 5.41) is 0. The van der Waals surface area contributed by atoms with E-state index in [0.29, 0.717) is 0 Å². The van der Waals surface area contributed by atoms with Crippen LogP contribution in [0.1, 0.15) is 91.4 Å². The Labute approximate surface area is 149 Å². The first-order valence-corrected chi connectivity index (χ1v) is 10.2. The SMILES string of the molecule is CCCCCCCCCCCCOc1cccc(OC(C)CC)c1. The molecule has 0 aliphatic carbocycles. The lowest BCUT2D eigenvalue weighted by atomic mass is 10.1. The van der Waals surface area contributed by atoms with Crippen molar-refractivity contribution in [1.29, 1.82) is 0 Å². The molecule has 1 rings (SSSR count). The molecule has 0 radical (unpaired) electrons. The highest BCUT2D eigenvalue weighted by Crippen LogP contribution is 2.21. The Hall–Kier alpha value is -1.18. The van der Waals surface area contributed by atoms with Crippen LogP contribution in [0, 0.1) is 0 Å². The van der Waals surface area contributed by atoms with Gasteiger partial charge in [-0.05, 0) is 31.9 Å². The smallest absolute Gasteiger partial charge is 0.123 e. The van der Waals surface area contributed by atoms with Crippen LogP contribution in [0.25, 0.3) is 0 Å². The lowest BCUT2D eigenvalue weighted by Crippen LogP contribution is -2.09. The molecule has 1 aromatic carbocycles. The van der Waals surface area contributed by atoms with Crippen LogP contribution < -0.4 is 9.47 Å². The summed E-state index contributed by atoms with van der Waals surface area (Å²) < 4.78 is 11.7. The molecular weight excluding hydrogens is 296 g/mol. The van der Waals surface area contributed by atoms with Crippen LogP contribution in [0.5, 0.6) is 11.5 Å². The maximum atomic E-state index is 5.85. The van der Waals surface area contributed by atoms with E-state index in [0.717, 1.165) is 30.9 Å². The average Bonchev–Trinajstić information content (AvgIpc) is 2.60. The van der Waals surface area contributed by atoms with Gasteiger partial charge in [0.15, 0.2) is 0 Å². The average molecular weight is 335 g/mol. The van der Waals surface area contributed by atoms with E-state index in [9.17, 15) is 0 Å². The summed E-state index contributed by atoms with van der Waals surface area (Å²) in [5.74, 6) is 1.83. The zero-order valence-corrected chi connectivity index (χ0v) is 16.2. The quantitative estimate of drug-likeness (QED) is 0.317. The van der Waals surface area contributed by atoms with Gasteiger partial charge in [-0.1, -0.05) is 77.7 Å². The molecule has 2 nitrogen and oxygen atoms in total. The van der Waals surface area contributed by atoms with E-state index in [2.05, 4.69) is 20.8 Å². The molecule has 0 N–H and O–H groups in total. The van der Waals surface area contributed by atoms with Crippen molar-refractivity contribution in [2.75, 3.05) is 6.61 Å². The fourth-order valence-corrected chi connectivity index (χ4v) is 2.73. The summed E-state index contributed by atoms with van der Waals surface area (Å²) in [4.78, 5) is 0. The lowest BCUT2D eigenvalue weighted by molar-refractivity contribution is 0.215. The highest BCUT2D eigenvalue weighted by atomic mass is 16.5. The summed E-state index contributed by atoms with van der Waals surface area (Å²) in [7, 11) is 0. The maximum absolute atomic E-state index is 5.85. The minimum atomic E-state index is 0.252. The van der Waals surface area contributed by atoms with E-state index < -0.39 is 0 Å². The van der Waals surface area contributed by atoms with Gasteiger partial charge in [0.05, 0.1) is 12.7 Å². The normalized spacial score (nSPS) is 12.1. The van der Waals surface area contributed by atoms with Crippen LogP contribution in [-0.4, -0.2) is 12.7 Å². The van der Waals surface area contributed by atoms with Crippen molar-refractivity contribution < 1.29 is 9.47 Å². The zero-order chi connectivity index (χ0) is 17.5. The van der Waals surface area contributed by atoms with Crippen LogP contribution in [0.15, 0.2) is 24.3 Å². The van der Waals surface area contributed by atoms with Crippen molar-refractivity contribution >= 4 is 0 Å². The van der Waals surface area contributed by atoms with E-state index in [1.807, 2.05) is 24.3 Å². The van der Waals surface area contributed by atoms with Crippen molar-refractivity contribution in [2.24, 2.45) is 0 Å². The molecule has 0 spiro atoms. The first kappa shape index (κ1) is 20.9. The molecule has 1 aromatic rings. The monoisotopic (exact) mass is 334 g/mol. The third kappa shape index (κ3) is 10.6. The van der Waals surface area contributed by atoms with Crippen LogP contribution >= 0.6 is 0 Å². The zero-order valence-electron chi connectivity index (χ0n) is 16.2. The summed E-state index contributed by atoms with van der Waals surface area (Å²) >= 11 is 0. The molecule has 0 saturated heterocycles. The van der Waals surface area contributed by atoms with Crippen LogP contribution in [0.3, 0.4) is 0 Å². The highest BCUT2D eigenvalue weighted by molar-refractivity contribution is 5.33. The fraction of sp³-hybridized carbons (Fsp3) is 0.727.